The van der Waals surface area contributed by atoms with Crippen LogP contribution in [0.3, 0.4) is 0 Å². The van der Waals surface area contributed by atoms with Gasteiger partial charge in [0.15, 0.2) is 0 Å². The SMILES string of the molecule is NCC(O)Cc1ccc(F)c([N+](=O)[O-])c1. The summed E-state index contributed by atoms with van der Waals surface area (Å²) in [7, 11) is 0. The second-order valence-corrected chi connectivity index (χ2v) is 3.14. The van der Waals surface area contributed by atoms with Crippen LogP contribution in [-0.4, -0.2) is 22.7 Å². The molecule has 0 aliphatic carbocycles. The van der Waals surface area contributed by atoms with Crippen molar-refractivity contribution >= 4 is 5.69 Å². The maximum Gasteiger partial charge on any atom is 0.305 e. The Morgan fingerprint density at radius 3 is 2.80 bits per heavy atom. The van der Waals surface area contributed by atoms with Crippen LogP contribution < -0.4 is 5.73 Å². The summed E-state index contributed by atoms with van der Waals surface area (Å²) in [6.45, 7) is 0.0607. The number of nitrogens with zero attached hydrogens (tertiary/aromatic N) is 1. The normalized spacial score (nSPS) is 12.5. The van der Waals surface area contributed by atoms with Crippen molar-refractivity contribution in [3.05, 3.63) is 39.7 Å². The molecular weight excluding hydrogens is 203 g/mol. The molecule has 82 valence electrons. The molecule has 0 heterocycles. The van der Waals surface area contributed by atoms with E-state index in [1.54, 1.807) is 0 Å². The molecule has 5 nitrogen and oxygen atoms in total. The number of hydrogen-bond donors (Lipinski definition) is 2. The van der Waals surface area contributed by atoms with Gasteiger partial charge in [-0.25, -0.2) is 0 Å². The van der Waals surface area contributed by atoms with Crippen molar-refractivity contribution in [2.75, 3.05) is 6.54 Å². The Hall–Kier alpha value is -1.53. The second-order valence-electron chi connectivity index (χ2n) is 3.14. The first-order chi connectivity index (χ1) is 7.04. The standard InChI is InChI=1S/C9H11FN2O3/c10-8-2-1-6(3-7(13)5-11)4-9(8)12(14)15/h1-2,4,7,13H,3,5,11H2. The molecule has 0 aliphatic heterocycles. The molecule has 1 atom stereocenters. The van der Waals surface area contributed by atoms with Crippen molar-refractivity contribution in [1.29, 1.82) is 0 Å². The van der Waals surface area contributed by atoms with E-state index in [1.807, 2.05) is 0 Å². The first-order valence-electron chi connectivity index (χ1n) is 4.35. The third kappa shape index (κ3) is 2.97. The highest BCUT2D eigenvalue weighted by molar-refractivity contribution is 5.36. The van der Waals surface area contributed by atoms with Gasteiger partial charge in [0.25, 0.3) is 0 Å². The molecule has 0 spiro atoms. The number of nitro benzene ring substituents is 1. The lowest BCUT2D eigenvalue weighted by atomic mass is 10.1. The van der Waals surface area contributed by atoms with Crippen molar-refractivity contribution in [1.82, 2.24) is 0 Å². The topological polar surface area (TPSA) is 89.4 Å². The summed E-state index contributed by atoms with van der Waals surface area (Å²) >= 11 is 0. The molecule has 3 N–H and O–H groups in total. The molecule has 1 aromatic carbocycles. The lowest BCUT2D eigenvalue weighted by Gasteiger charge is -2.07. The Bertz CT molecular complexity index is 370. The van der Waals surface area contributed by atoms with Gasteiger partial charge in [0.05, 0.1) is 11.0 Å². The summed E-state index contributed by atoms with van der Waals surface area (Å²) in [5, 5.41) is 19.6. The number of rotatable bonds is 4. The van der Waals surface area contributed by atoms with E-state index in [0.717, 1.165) is 12.1 Å². The number of benzene rings is 1. The van der Waals surface area contributed by atoms with Gasteiger partial charge in [-0.2, -0.15) is 4.39 Å². The van der Waals surface area contributed by atoms with Crippen LogP contribution in [0.2, 0.25) is 0 Å². The summed E-state index contributed by atoms with van der Waals surface area (Å²) in [5.41, 5.74) is 5.09. The van der Waals surface area contributed by atoms with Crippen LogP contribution in [-0.2, 0) is 6.42 Å². The van der Waals surface area contributed by atoms with E-state index in [9.17, 15) is 19.6 Å². The molecule has 6 heteroatoms. The highest BCUT2D eigenvalue weighted by atomic mass is 19.1. The largest absolute Gasteiger partial charge is 0.391 e. The van der Waals surface area contributed by atoms with E-state index in [4.69, 9.17) is 5.73 Å². The number of nitro groups is 1. The third-order valence-electron chi connectivity index (χ3n) is 1.95. The Kier molecular flexibility index (Phi) is 3.70. The van der Waals surface area contributed by atoms with Gasteiger partial charge in [0, 0.05) is 12.6 Å². The van der Waals surface area contributed by atoms with Gasteiger partial charge >= 0.3 is 5.69 Å². The van der Waals surface area contributed by atoms with E-state index < -0.39 is 22.5 Å². The second kappa shape index (κ2) is 4.81. The Labute approximate surface area is 85.5 Å². The Balaban J connectivity index is 2.92. The maximum absolute atomic E-state index is 12.9. The summed E-state index contributed by atoms with van der Waals surface area (Å²) < 4.78 is 12.9. The van der Waals surface area contributed by atoms with Gasteiger partial charge < -0.3 is 10.8 Å². The monoisotopic (exact) mass is 214 g/mol. The zero-order valence-corrected chi connectivity index (χ0v) is 7.89. The van der Waals surface area contributed by atoms with Crippen LogP contribution >= 0.6 is 0 Å². The molecule has 1 unspecified atom stereocenters. The fourth-order valence-electron chi connectivity index (χ4n) is 1.18. The quantitative estimate of drug-likeness (QED) is 0.567. The fourth-order valence-corrected chi connectivity index (χ4v) is 1.18. The first-order valence-corrected chi connectivity index (χ1v) is 4.35. The molecule has 0 amide bonds. The minimum atomic E-state index is -0.883. The molecule has 15 heavy (non-hydrogen) atoms. The van der Waals surface area contributed by atoms with E-state index in [-0.39, 0.29) is 13.0 Å². The lowest BCUT2D eigenvalue weighted by molar-refractivity contribution is -0.387. The first kappa shape index (κ1) is 11.5. The molecule has 1 rings (SSSR count). The van der Waals surface area contributed by atoms with E-state index in [0.29, 0.717) is 5.56 Å². The Morgan fingerprint density at radius 2 is 2.27 bits per heavy atom. The van der Waals surface area contributed by atoms with Crippen LogP contribution in [0.4, 0.5) is 10.1 Å². The van der Waals surface area contributed by atoms with Crippen molar-refractivity contribution in [2.24, 2.45) is 5.73 Å². The van der Waals surface area contributed by atoms with Gasteiger partial charge in [0.2, 0.25) is 5.82 Å². The molecule has 0 aliphatic rings. The molecule has 0 fully saturated rings. The van der Waals surface area contributed by atoms with Crippen molar-refractivity contribution in [2.45, 2.75) is 12.5 Å². The zero-order valence-electron chi connectivity index (χ0n) is 7.89. The van der Waals surface area contributed by atoms with Crippen LogP contribution in [0.1, 0.15) is 5.56 Å². The minimum absolute atomic E-state index is 0.0607. The fraction of sp³-hybridized carbons (Fsp3) is 0.333. The molecular formula is C9H11FN2O3. The summed E-state index contributed by atoms with van der Waals surface area (Å²) in [6, 6.07) is 3.51. The van der Waals surface area contributed by atoms with Gasteiger partial charge in [-0.05, 0) is 18.1 Å². The van der Waals surface area contributed by atoms with Crippen LogP contribution in [0.5, 0.6) is 0 Å². The number of aliphatic hydroxyl groups is 1. The maximum atomic E-state index is 12.9. The van der Waals surface area contributed by atoms with Gasteiger partial charge in [-0.3, -0.25) is 10.1 Å². The van der Waals surface area contributed by atoms with Crippen LogP contribution in [0, 0.1) is 15.9 Å². The number of nitrogens with two attached hydrogens (primary N) is 1. The predicted molar refractivity (Wildman–Crippen MR) is 51.8 cm³/mol. The highest BCUT2D eigenvalue weighted by Gasteiger charge is 2.15. The summed E-state index contributed by atoms with van der Waals surface area (Å²) in [5.74, 6) is -0.883. The number of halogens is 1. The summed E-state index contributed by atoms with van der Waals surface area (Å²) in [6.07, 6.45) is -0.590. The molecule has 0 bridgehead atoms. The smallest absolute Gasteiger partial charge is 0.305 e. The lowest BCUT2D eigenvalue weighted by Crippen LogP contribution is -2.22. The van der Waals surface area contributed by atoms with Crippen molar-refractivity contribution in [3.63, 3.8) is 0 Å². The van der Waals surface area contributed by atoms with E-state index in [2.05, 4.69) is 0 Å². The van der Waals surface area contributed by atoms with Gasteiger partial charge in [-0.15, -0.1) is 0 Å². The van der Waals surface area contributed by atoms with Gasteiger partial charge in [0.1, 0.15) is 0 Å². The third-order valence-corrected chi connectivity index (χ3v) is 1.95. The molecule has 0 radical (unpaired) electrons. The zero-order chi connectivity index (χ0) is 11.4. The molecule has 0 aromatic heterocycles. The Morgan fingerprint density at radius 1 is 1.60 bits per heavy atom. The van der Waals surface area contributed by atoms with Crippen molar-refractivity contribution < 1.29 is 14.4 Å². The van der Waals surface area contributed by atoms with Crippen LogP contribution in [0.15, 0.2) is 18.2 Å². The molecule has 0 saturated heterocycles. The number of aliphatic hydroxyl groups excluding tert-OH is 1. The van der Waals surface area contributed by atoms with E-state index >= 15 is 0 Å². The predicted octanol–water partition coefficient (Wildman–Crippen LogP) is 0.596. The van der Waals surface area contributed by atoms with E-state index in [1.165, 1.54) is 6.07 Å². The van der Waals surface area contributed by atoms with Gasteiger partial charge in [-0.1, -0.05) is 6.07 Å². The van der Waals surface area contributed by atoms with Crippen molar-refractivity contribution in [3.8, 4) is 0 Å². The average Bonchev–Trinajstić information content (AvgIpc) is 2.20. The molecule has 1 aromatic rings. The minimum Gasteiger partial charge on any atom is -0.391 e. The highest BCUT2D eigenvalue weighted by Crippen LogP contribution is 2.19. The molecule has 0 saturated carbocycles. The van der Waals surface area contributed by atoms with Crippen LogP contribution in [0.25, 0.3) is 0 Å². The average molecular weight is 214 g/mol. The number of hydrogen-bond acceptors (Lipinski definition) is 4. The summed E-state index contributed by atoms with van der Waals surface area (Å²) in [4.78, 5) is 9.61.